The predicted molar refractivity (Wildman–Crippen MR) is 92.5 cm³/mol. The number of hydrogen-bond acceptors (Lipinski definition) is 3. The van der Waals surface area contributed by atoms with E-state index in [4.69, 9.17) is 0 Å². The number of nitrogens with zero attached hydrogens (tertiary/aromatic N) is 1. The number of carbonyl (C=O) groups excluding carboxylic acids is 2. The molecule has 3 aromatic rings. The van der Waals surface area contributed by atoms with Gasteiger partial charge >= 0.3 is 6.18 Å². The topological polar surface area (TPSA) is 71.1 Å². The highest BCUT2D eigenvalue weighted by atomic mass is 19.4. The number of para-hydroxylation sites is 1. The van der Waals surface area contributed by atoms with Gasteiger partial charge in [-0.15, -0.1) is 0 Å². The minimum atomic E-state index is -4.43. The summed E-state index contributed by atoms with van der Waals surface area (Å²) < 4.78 is 37.6. The van der Waals surface area contributed by atoms with Gasteiger partial charge in [0.1, 0.15) is 5.69 Å². The van der Waals surface area contributed by atoms with Crippen molar-refractivity contribution < 1.29 is 22.8 Å². The zero-order valence-electron chi connectivity index (χ0n) is 13.9. The smallest absolute Gasteiger partial charge is 0.273 e. The van der Waals surface area contributed by atoms with Gasteiger partial charge < -0.3 is 0 Å². The Kier molecular flexibility index (Phi) is 5.07. The Morgan fingerprint density at radius 1 is 0.889 bits per heavy atom. The third-order valence-electron chi connectivity index (χ3n) is 3.79. The van der Waals surface area contributed by atoms with Crippen LogP contribution in [0.2, 0.25) is 0 Å². The van der Waals surface area contributed by atoms with Gasteiger partial charge in [0.25, 0.3) is 5.91 Å². The standard InChI is InChI=1S/C19H14F3N3O2/c20-19(21,22)14-8-5-12(6-9-14)11-17(26)24-25-18(27)16-10-7-13-3-1-2-4-15(13)23-16/h1-10H,11H2,(H,24,26)(H,25,27). The van der Waals surface area contributed by atoms with Crippen LogP contribution in [0.1, 0.15) is 21.6 Å². The number of rotatable bonds is 3. The molecule has 0 bridgehead atoms. The van der Waals surface area contributed by atoms with Gasteiger partial charge in [-0.05, 0) is 29.8 Å². The van der Waals surface area contributed by atoms with Crippen molar-refractivity contribution in [2.24, 2.45) is 0 Å². The molecule has 0 fully saturated rings. The van der Waals surface area contributed by atoms with Crippen molar-refractivity contribution in [1.82, 2.24) is 15.8 Å². The number of hydrogen-bond donors (Lipinski definition) is 2. The second-order valence-electron chi connectivity index (χ2n) is 5.76. The Labute approximate surface area is 152 Å². The molecule has 2 aromatic carbocycles. The molecular weight excluding hydrogens is 359 g/mol. The van der Waals surface area contributed by atoms with Gasteiger partial charge in [0, 0.05) is 5.39 Å². The zero-order valence-corrected chi connectivity index (χ0v) is 13.9. The van der Waals surface area contributed by atoms with E-state index in [9.17, 15) is 22.8 Å². The van der Waals surface area contributed by atoms with Crippen LogP contribution in [0.5, 0.6) is 0 Å². The molecule has 138 valence electrons. The maximum absolute atomic E-state index is 12.5. The highest BCUT2D eigenvalue weighted by Gasteiger charge is 2.29. The van der Waals surface area contributed by atoms with Crippen molar-refractivity contribution in [1.29, 1.82) is 0 Å². The SMILES string of the molecule is O=C(Cc1ccc(C(F)(F)F)cc1)NNC(=O)c1ccc2ccccc2n1. The Morgan fingerprint density at radius 2 is 1.59 bits per heavy atom. The molecule has 2 amide bonds. The summed E-state index contributed by atoms with van der Waals surface area (Å²) in [5, 5.41) is 0.875. The third-order valence-corrected chi connectivity index (χ3v) is 3.79. The van der Waals surface area contributed by atoms with Crippen LogP contribution in [0.4, 0.5) is 13.2 Å². The number of nitrogens with one attached hydrogen (secondary N) is 2. The summed E-state index contributed by atoms with van der Waals surface area (Å²) in [6.07, 6.45) is -4.61. The van der Waals surface area contributed by atoms with Gasteiger partial charge in [-0.25, -0.2) is 4.98 Å². The van der Waals surface area contributed by atoms with Crippen LogP contribution in [0.25, 0.3) is 10.9 Å². The Morgan fingerprint density at radius 3 is 2.30 bits per heavy atom. The number of carbonyl (C=O) groups is 2. The molecule has 8 heteroatoms. The fourth-order valence-electron chi connectivity index (χ4n) is 2.42. The lowest BCUT2D eigenvalue weighted by molar-refractivity contribution is -0.137. The Hall–Kier alpha value is -3.42. The van der Waals surface area contributed by atoms with E-state index in [1.165, 1.54) is 18.2 Å². The number of hydrazine groups is 1. The lowest BCUT2D eigenvalue weighted by Crippen LogP contribution is -2.42. The first-order valence-electron chi connectivity index (χ1n) is 7.94. The Bertz CT molecular complexity index is 985. The fraction of sp³-hybridized carbons (Fsp3) is 0.105. The van der Waals surface area contributed by atoms with Crippen LogP contribution >= 0.6 is 0 Å². The van der Waals surface area contributed by atoms with E-state index in [1.807, 2.05) is 12.1 Å². The highest BCUT2D eigenvalue weighted by molar-refractivity contribution is 5.96. The Balaban J connectivity index is 1.57. The molecular formula is C19H14F3N3O2. The fourth-order valence-corrected chi connectivity index (χ4v) is 2.42. The number of aromatic nitrogens is 1. The van der Waals surface area contributed by atoms with Gasteiger partial charge in [0.15, 0.2) is 0 Å². The third kappa shape index (κ3) is 4.60. The minimum absolute atomic E-state index is 0.128. The monoisotopic (exact) mass is 373 g/mol. The first kappa shape index (κ1) is 18.4. The summed E-state index contributed by atoms with van der Waals surface area (Å²) in [4.78, 5) is 28.2. The van der Waals surface area contributed by atoms with Gasteiger partial charge in [0.05, 0.1) is 17.5 Å². The first-order chi connectivity index (χ1) is 12.8. The highest BCUT2D eigenvalue weighted by Crippen LogP contribution is 2.29. The van der Waals surface area contributed by atoms with Gasteiger partial charge in [0.2, 0.25) is 5.91 Å². The minimum Gasteiger partial charge on any atom is -0.273 e. The number of benzene rings is 2. The number of amides is 2. The quantitative estimate of drug-likeness (QED) is 0.693. The van der Waals surface area contributed by atoms with E-state index in [0.29, 0.717) is 11.1 Å². The van der Waals surface area contributed by atoms with Crippen molar-refractivity contribution in [2.75, 3.05) is 0 Å². The molecule has 0 spiro atoms. The summed E-state index contributed by atoms with van der Waals surface area (Å²) in [5.41, 5.74) is 4.83. The molecule has 1 heterocycles. The molecule has 2 N–H and O–H groups in total. The average molecular weight is 373 g/mol. The number of fused-ring (bicyclic) bond motifs is 1. The number of pyridine rings is 1. The molecule has 0 saturated carbocycles. The average Bonchev–Trinajstić information content (AvgIpc) is 2.65. The molecule has 0 radical (unpaired) electrons. The van der Waals surface area contributed by atoms with Crippen LogP contribution in [0.3, 0.4) is 0 Å². The van der Waals surface area contributed by atoms with Crippen LogP contribution in [0.15, 0.2) is 60.7 Å². The van der Waals surface area contributed by atoms with Gasteiger partial charge in [-0.3, -0.25) is 20.4 Å². The van der Waals surface area contributed by atoms with Gasteiger partial charge in [-0.2, -0.15) is 13.2 Å². The van der Waals surface area contributed by atoms with Crippen LogP contribution in [-0.2, 0) is 17.4 Å². The van der Waals surface area contributed by atoms with Gasteiger partial charge in [-0.1, -0.05) is 36.4 Å². The number of alkyl halides is 3. The molecule has 27 heavy (non-hydrogen) atoms. The zero-order chi connectivity index (χ0) is 19.4. The second-order valence-corrected chi connectivity index (χ2v) is 5.76. The second kappa shape index (κ2) is 7.45. The van der Waals surface area contributed by atoms with Crippen molar-refractivity contribution in [3.63, 3.8) is 0 Å². The van der Waals surface area contributed by atoms with Crippen LogP contribution in [0, 0.1) is 0 Å². The van der Waals surface area contributed by atoms with E-state index in [1.54, 1.807) is 18.2 Å². The molecule has 0 atom stereocenters. The molecule has 0 saturated heterocycles. The van der Waals surface area contributed by atoms with Crippen molar-refractivity contribution in [3.05, 3.63) is 77.5 Å². The summed E-state index contributed by atoms with van der Waals surface area (Å²) in [5.74, 6) is -1.16. The van der Waals surface area contributed by atoms with E-state index in [2.05, 4.69) is 15.8 Å². The summed E-state index contributed by atoms with van der Waals surface area (Å²) in [6.45, 7) is 0. The van der Waals surface area contributed by atoms with E-state index < -0.39 is 23.6 Å². The number of halogens is 3. The van der Waals surface area contributed by atoms with E-state index >= 15 is 0 Å². The molecule has 0 aliphatic heterocycles. The van der Waals surface area contributed by atoms with Crippen molar-refractivity contribution in [2.45, 2.75) is 12.6 Å². The summed E-state index contributed by atoms with van der Waals surface area (Å²) >= 11 is 0. The van der Waals surface area contributed by atoms with E-state index in [0.717, 1.165) is 17.5 Å². The van der Waals surface area contributed by atoms with Crippen molar-refractivity contribution >= 4 is 22.7 Å². The molecule has 0 aliphatic carbocycles. The molecule has 5 nitrogen and oxygen atoms in total. The summed E-state index contributed by atoms with van der Waals surface area (Å²) in [7, 11) is 0. The predicted octanol–water partition coefficient (Wildman–Crippen LogP) is 3.26. The molecule has 0 aliphatic rings. The van der Waals surface area contributed by atoms with Crippen molar-refractivity contribution in [3.8, 4) is 0 Å². The molecule has 0 unspecified atom stereocenters. The first-order valence-corrected chi connectivity index (χ1v) is 7.94. The van der Waals surface area contributed by atoms with Crippen LogP contribution < -0.4 is 10.9 Å². The summed E-state index contributed by atoms with van der Waals surface area (Å²) in [6, 6.07) is 14.8. The normalized spacial score (nSPS) is 11.2. The molecule has 3 rings (SSSR count). The maximum Gasteiger partial charge on any atom is 0.416 e. The molecule has 1 aromatic heterocycles. The lowest BCUT2D eigenvalue weighted by Gasteiger charge is -2.09. The maximum atomic E-state index is 12.5. The van der Waals surface area contributed by atoms with Crippen LogP contribution in [-0.4, -0.2) is 16.8 Å². The lowest BCUT2D eigenvalue weighted by atomic mass is 10.1. The van der Waals surface area contributed by atoms with E-state index in [-0.39, 0.29) is 12.1 Å². The largest absolute Gasteiger partial charge is 0.416 e.